The number of ether oxygens (including phenoxy) is 1. The van der Waals surface area contributed by atoms with Gasteiger partial charge in [-0.05, 0) is 25.1 Å². The summed E-state index contributed by atoms with van der Waals surface area (Å²) in [7, 11) is 0. The maximum atomic E-state index is 6.01. The minimum absolute atomic E-state index is 0.551. The Kier molecular flexibility index (Phi) is 3.52. The molecule has 0 aliphatic rings. The molecule has 0 radical (unpaired) electrons. The van der Waals surface area contributed by atoms with Crippen LogP contribution < -0.4 is 10.5 Å². The number of benzene rings is 1. The molecule has 0 spiro atoms. The Bertz CT molecular complexity index is 725. The first-order chi connectivity index (χ1) is 9.72. The molecule has 4 nitrogen and oxygen atoms in total. The normalized spacial score (nSPS) is 10.8. The Hall–Kier alpha value is -2.14. The van der Waals surface area contributed by atoms with E-state index in [4.69, 9.17) is 10.5 Å². The number of rotatable bonds is 4. The van der Waals surface area contributed by atoms with Crippen molar-refractivity contribution in [1.29, 1.82) is 0 Å². The number of aromatic nitrogens is 2. The van der Waals surface area contributed by atoms with E-state index in [-0.39, 0.29) is 0 Å². The second-order valence-electron chi connectivity index (χ2n) is 4.51. The van der Waals surface area contributed by atoms with Gasteiger partial charge in [0.15, 0.2) is 0 Å². The number of fused-ring (bicyclic) bond motifs is 1. The van der Waals surface area contributed by atoms with Gasteiger partial charge >= 0.3 is 0 Å². The van der Waals surface area contributed by atoms with Crippen molar-refractivity contribution in [3.05, 3.63) is 47.2 Å². The lowest BCUT2D eigenvalue weighted by Crippen LogP contribution is -2.04. The SMILES string of the molecule is Cc1nc2cc(OCCc3ccccn3)c(N)cc2s1. The van der Waals surface area contributed by atoms with Crippen molar-refractivity contribution in [2.24, 2.45) is 0 Å². The maximum absolute atomic E-state index is 6.01. The Morgan fingerprint density at radius 3 is 3.00 bits per heavy atom. The Morgan fingerprint density at radius 1 is 1.30 bits per heavy atom. The number of hydrogen-bond acceptors (Lipinski definition) is 5. The molecule has 0 saturated heterocycles. The lowest BCUT2D eigenvalue weighted by atomic mass is 10.2. The summed E-state index contributed by atoms with van der Waals surface area (Å²) in [5.41, 5.74) is 8.62. The van der Waals surface area contributed by atoms with Gasteiger partial charge in [0, 0.05) is 24.4 Å². The second kappa shape index (κ2) is 5.46. The standard InChI is InChI=1S/C15H15N3OS/c1-10-18-13-9-14(12(16)8-15(13)20-10)19-7-5-11-4-2-3-6-17-11/h2-4,6,8-9H,5,7,16H2,1H3. The van der Waals surface area contributed by atoms with E-state index in [1.807, 2.05) is 37.3 Å². The lowest BCUT2D eigenvalue weighted by molar-refractivity contribution is 0.322. The van der Waals surface area contributed by atoms with Crippen LogP contribution in [0, 0.1) is 6.92 Å². The number of nitrogens with zero attached hydrogens (tertiary/aromatic N) is 2. The van der Waals surface area contributed by atoms with Crippen LogP contribution in [0.5, 0.6) is 5.75 Å². The molecule has 2 heterocycles. The number of nitrogens with two attached hydrogens (primary N) is 1. The first kappa shape index (κ1) is 12.9. The van der Waals surface area contributed by atoms with Gasteiger partial charge in [-0.15, -0.1) is 11.3 Å². The molecule has 0 saturated carbocycles. The molecule has 0 unspecified atom stereocenters. The van der Waals surface area contributed by atoms with Crippen LogP contribution in [0.25, 0.3) is 10.2 Å². The molecule has 1 aromatic carbocycles. The summed E-state index contributed by atoms with van der Waals surface area (Å²) in [6.45, 7) is 2.54. The highest BCUT2D eigenvalue weighted by Crippen LogP contribution is 2.31. The number of anilines is 1. The molecule has 2 aromatic heterocycles. The number of aryl methyl sites for hydroxylation is 1. The molecule has 0 bridgehead atoms. The van der Waals surface area contributed by atoms with Gasteiger partial charge in [0.05, 0.1) is 27.5 Å². The fourth-order valence-electron chi connectivity index (χ4n) is 2.02. The minimum Gasteiger partial charge on any atom is -0.491 e. The van der Waals surface area contributed by atoms with Gasteiger partial charge < -0.3 is 10.5 Å². The molecule has 0 atom stereocenters. The average molecular weight is 285 g/mol. The summed E-state index contributed by atoms with van der Waals surface area (Å²) < 4.78 is 6.85. The number of thiazole rings is 1. The third-order valence-electron chi connectivity index (χ3n) is 2.97. The molecule has 0 aliphatic carbocycles. The number of hydrogen-bond donors (Lipinski definition) is 1. The summed E-state index contributed by atoms with van der Waals surface area (Å²) in [5, 5.41) is 1.03. The van der Waals surface area contributed by atoms with Crippen LogP contribution in [0.3, 0.4) is 0 Å². The van der Waals surface area contributed by atoms with Crippen molar-refractivity contribution in [3.63, 3.8) is 0 Å². The van der Waals surface area contributed by atoms with Gasteiger partial charge in [0.2, 0.25) is 0 Å². The van der Waals surface area contributed by atoms with E-state index in [1.54, 1.807) is 17.5 Å². The van der Waals surface area contributed by atoms with E-state index in [9.17, 15) is 0 Å². The van der Waals surface area contributed by atoms with Crippen molar-refractivity contribution < 1.29 is 4.74 Å². The summed E-state index contributed by atoms with van der Waals surface area (Å²) >= 11 is 1.64. The van der Waals surface area contributed by atoms with Gasteiger partial charge in [-0.1, -0.05) is 6.07 Å². The first-order valence-electron chi connectivity index (χ1n) is 6.42. The topological polar surface area (TPSA) is 61.0 Å². The van der Waals surface area contributed by atoms with Crippen LogP contribution in [0.4, 0.5) is 5.69 Å². The van der Waals surface area contributed by atoms with Gasteiger partial charge in [-0.3, -0.25) is 4.98 Å². The van der Waals surface area contributed by atoms with Crippen LogP contribution in [-0.4, -0.2) is 16.6 Å². The Morgan fingerprint density at radius 2 is 2.20 bits per heavy atom. The molecule has 3 rings (SSSR count). The van der Waals surface area contributed by atoms with Gasteiger partial charge in [0.1, 0.15) is 5.75 Å². The fourth-order valence-corrected chi connectivity index (χ4v) is 2.88. The van der Waals surface area contributed by atoms with E-state index in [0.717, 1.165) is 27.3 Å². The third-order valence-corrected chi connectivity index (χ3v) is 3.90. The quantitative estimate of drug-likeness (QED) is 0.748. The zero-order chi connectivity index (χ0) is 13.9. The van der Waals surface area contributed by atoms with Crippen molar-refractivity contribution in [3.8, 4) is 5.75 Å². The molecular formula is C15H15N3OS. The van der Waals surface area contributed by atoms with E-state index in [0.29, 0.717) is 18.0 Å². The highest BCUT2D eigenvalue weighted by atomic mass is 32.1. The van der Waals surface area contributed by atoms with Crippen LogP contribution >= 0.6 is 11.3 Å². The van der Waals surface area contributed by atoms with Crippen molar-refractivity contribution in [2.45, 2.75) is 13.3 Å². The zero-order valence-corrected chi connectivity index (χ0v) is 12.0. The maximum Gasteiger partial charge on any atom is 0.144 e. The molecular weight excluding hydrogens is 270 g/mol. The molecule has 3 aromatic rings. The number of pyridine rings is 1. The van der Waals surface area contributed by atoms with Crippen molar-refractivity contribution >= 4 is 27.2 Å². The fraction of sp³-hybridized carbons (Fsp3) is 0.200. The van der Waals surface area contributed by atoms with Crippen LogP contribution in [0.2, 0.25) is 0 Å². The Labute approximate surface area is 121 Å². The molecule has 0 amide bonds. The van der Waals surface area contributed by atoms with E-state index in [1.165, 1.54) is 0 Å². The molecule has 102 valence electrons. The molecule has 0 aliphatic heterocycles. The smallest absolute Gasteiger partial charge is 0.144 e. The van der Waals surface area contributed by atoms with Crippen LogP contribution in [-0.2, 0) is 6.42 Å². The van der Waals surface area contributed by atoms with Gasteiger partial charge in [-0.2, -0.15) is 0 Å². The minimum atomic E-state index is 0.551. The predicted molar refractivity (Wildman–Crippen MR) is 82.2 cm³/mol. The lowest BCUT2D eigenvalue weighted by Gasteiger charge is -2.08. The zero-order valence-electron chi connectivity index (χ0n) is 11.2. The Balaban J connectivity index is 1.72. The monoisotopic (exact) mass is 285 g/mol. The predicted octanol–water partition coefficient (Wildman–Crippen LogP) is 3.20. The van der Waals surface area contributed by atoms with E-state index < -0.39 is 0 Å². The van der Waals surface area contributed by atoms with E-state index >= 15 is 0 Å². The van der Waals surface area contributed by atoms with Crippen molar-refractivity contribution in [1.82, 2.24) is 9.97 Å². The summed E-state index contributed by atoms with van der Waals surface area (Å²) in [5.74, 6) is 0.693. The molecule has 0 fully saturated rings. The summed E-state index contributed by atoms with van der Waals surface area (Å²) in [6, 6.07) is 9.70. The number of nitrogen functional groups attached to an aromatic ring is 1. The van der Waals surface area contributed by atoms with Crippen LogP contribution in [0.1, 0.15) is 10.7 Å². The summed E-state index contributed by atoms with van der Waals surface area (Å²) in [4.78, 5) is 8.72. The second-order valence-corrected chi connectivity index (χ2v) is 5.74. The van der Waals surface area contributed by atoms with E-state index in [2.05, 4.69) is 9.97 Å². The average Bonchev–Trinajstić information content (AvgIpc) is 2.79. The first-order valence-corrected chi connectivity index (χ1v) is 7.23. The molecule has 2 N–H and O–H groups in total. The molecule has 5 heteroatoms. The summed E-state index contributed by atoms with van der Waals surface area (Å²) in [6.07, 6.45) is 2.54. The van der Waals surface area contributed by atoms with Crippen molar-refractivity contribution in [2.75, 3.05) is 12.3 Å². The van der Waals surface area contributed by atoms with Crippen LogP contribution in [0.15, 0.2) is 36.5 Å². The molecule has 20 heavy (non-hydrogen) atoms. The largest absolute Gasteiger partial charge is 0.491 e. The highest BCUT2D eigenvalue weighted by molar-refractivity contribution is 7.18. The van der Waals surface area contributed by atoms with Gasteiger partial charge in [0.25, 0.3) is 0 Å². The highest BCUT2D eigenvalue weighted by Gasteiger charge is 2.07. The third kappa shape index (κ3) is 2.72. The van der Waals surface area contributed by atoms with Gasteiger partial charge in [-0.25, -0.2) is 4.98 Å².